The molecule has 0 atom stereocenters. The Kier molecular flexibility index (Phi) is 8.80. The Labute approximate surface area is 159 Å². The molecule has 1 aliphatic rings. The fourth-order valence-electron chi connectivity index (χ4n) is 2.85. The topological polar surface area (TPSA) is 56.7 Å². The van der Waals surface area contributed by atoms with E-state index in [-0.39, 0.29) is 0 Å². The van der Waals surface area contributed by atoms with Crippen LogP contribution in [-0.4, -0.2) is 42.9 Å². The molecule has 2 N–H and O–H groups in total. The number of nitrogens with zero attached hydrogens (tertiary/aromatic N) is 2. The van der Waals surface area contributed by atoms with Crippen LogP contribution in [0.2, 0.25) is 0 Å². The molecule has 0 aromatic heterocycles. The van der Waals surface area contributed by atoms with E-state index in [0.717, 1.165) is 55.9 Å². The summed E-state index contributed by atoms with van der Waals surface area (Å²) >= 11 is 3.45. The molecule has 138 valence electrons. The van der Waals surface area contributed by atoms with Crippen LogP contribution in [0.15, 0.2) is 33.7 Å². The second-order valence-electron chi connectivity index (χ2n) is 6.29. The number of nitrogens with one attached hydrogen (secondary N) is 2. The summed E-state index contributed by atoms with van der Waals surface area (Å²) in [5, 5.41) is 6.63. The molecule has 1 saturated heterocycles. The van der Waals surface area contributed by atoms with E-state index in [1.54, 1.807) is 0 Å². The highest BCUT2D eigenvalue weighted by atomic mass is 79.9. The molecule has 0 aliphatic carbocycles. The highest BCUT2D eigenvalue weighted by molar-refractivity contribution is 9.10. The third kappa shape index (κ3) is 7.46. The zero-order chi connectivity index (χ0) is 17.9. The summed E-state index contributed by atoms with van der Waals surface area (Å²) in [6.07, 6.45) is 5.00. The van der Waals surface area contributed by atoms with Gasteiger partial charge in [0.05, 0.1) is 6.54 Å². The number of benzene rings is 1. The summed E-state index contributed by atoms with van der Waals surface area (Å²) in [6.45, 7) is 6.10. The largest absolute Gasteiger partial charge is 0.357 e. The maximum Gasteiger partial charge on any atom is 0.222 e. The number of rotatable bonds is 7. The summed E-state index contributed by atoms with van der Waals surface area (Å²) in [5.41, 5.74) is 1.18. The Bertz CT molecular complexity index is 559. The Morgan fingerprint density at radius 2 is 2.00 bits per heavy atom. The summed E-state index contributed by atoms with van der Waals surface area (Å²) in [7, 11) is 0. The Balaban J connectivity index is 1.75. The maximum absolute atomic E-state index is 12.0. The number of amides is 1. The van der Waals surface area contributed by atoms with Crippen LogP contribution in [0.4, 0.5) is 0 Å². The van der Waals surface area contributed by atoms with Crippen molar-refractivity contribution in [2.45, 2.75) is 45.6 Å². The maximum atomic E-state index is 12.0. The molecule has 1 aromatic rings. The lowest BCUT2D eigenvalue weighted by atomic mass is 10.2. The lowest BCUT2D eigenvalue weighted by Crippen LogP contribution is -2.39. The second kappa shape index (κ2) is 11.1. The first-order valence-electron chi connectivity index (χ1n) is 9.23. The number of guanidine groups is 1. The molecule has 2 rings (SSSR count). The van der Waals surface area contributed by atoms with E-state index in [1.807, 2.05) is 17.0 Å². The van der Waals surface area contributed by atoms with Gasteiger partial charge < -0.3 is 15.5 Å². The molecule has 1 aliphatic heterocycles. The predicted molar refractivity (Wildman–Crippen MR) is 107 cm³/mol. The quantitative estimate of drug-likeness (QED) is 0.413. The Morgan fingerprint density at radius 3 is 2.76 bits per heavy atom. The molecule has 0 unspecified atom stereocenters. The molecular formula is C19H29BrN4O. The molecule has 1 aromatic carbocycles. The van der Waals surface area contributed by atoms with E-state index in [1.165, 1.54) is 12.0 Å². The molecule has 1 heterocycles. The third-order valence-electron chi connectivity index (χ3n) is 4.25. The van der Waals surface area contributed by atoms with Gasteiger partial charge in [-0.25, -0.2) is 4.99 Å². The number of hydrogen-bond donors (Lipinski definition) is 2. The third-order valence-corrected chi connectivity index (χ3v) is 4.77. The van der Waals surface area contributed by atoms with Crippen molar-refractivity contribution in [3.8, 4) is 0 Å². The molecule has 1 fully saturated rings. The van der Waals surface area contributed by atoms with Crippen molar-refractivity contribution in [1.29, 1.82) is 0 Å². The fourth-order valence-corrected chi connectivity index (χ4v) is 3.12. The summed E-state index contributed by atoms with van der Waals surface area (Å²) in [4.78, 5) is 18.6. The van der Waals surface area contributed by atoms with E-state index in [0.29, 0.717) is 18.9 Å². The average molecular weight is 409 g/mol. The molecule has 6 heteroatoms. The highest BCUT2D eigenvalue weighted by Crippen LogP contribution is 2.12. The molecule has 0 saturated carbocycles. The minimum Gasteiger partial charge on any atom is -0.357 e. The van der Waals surface area contributed by atoms with Gasteiger partial charge in [0.2, 0.25) is 5.91 Å². The van der Waals surface area contributed by atoms with E-state index in [9.17, 15) is 4.79 Å². The first kappa shape index (κ1) is 19.8. The summed E-state index contributed by atoms with van der Waals surface area (Å²) < 4.78 is 1.08. The van der Waals surface area contributed by atoms with E-state index < -0.39 is 0 Å². The fraction of sp³-hybridized carbons (Fsp3) is 0.579. The molecule has 25 heavy (non-hydrogen) atoms. The lowest BCUT2D eigenvalue weighted by molar-refractivity contribution is -0.130. The smallest absolute Gasteiger partial charge is 0.222 e. The normalized spacial score (nSPS) is 15.8. The van der Waals surface area contributed by atoms with Gasteiger partial charge in [-0.3, -0.25) is 4.79 Å². The van der Waals surface area contributed by atoms with Gasteiger partial charge in [0.1, 0.15) is 0 Å². The number of carbonyl (C=O) groups excluding carboxylic acids is 1. The average Bonchev–Trinajstić information content (AvgIpc) is 2.82. The second-order valence-corrected chi connectivity index (χ2v) is 7.21. The van der Waals surface area contributed by atoms with Gasteiger partial charge in [0, 0.05) is 37.1 Å². The standard InChI is InChI=1S/C19H29BrN4O/c1-2-21-19(23-15-16-8-10-17(20)11-9-16)22-12-6-14-24-13-5-3-4-7-18(24)25/h8-11H,2-7,12-15H2,1H3,(H2,21,22,23). The first-order valence-corrected chi connectivity index (χ1v) is 10.0. The van der Waals surface area contributed by atoms with Gasteiger partial charge in [-0.2, -0.15) is 0 Å². The van der Waals surface area contributed by atoms with Crippen LogP contribution < -0.4 is 10.6 Å². The van der Waals surface area contributed by atoms with Gasteiger partial charge in [-0.1, -0.05) is 34.5 Å². The Morgan fingerprint density at radius 1 is 1.20 bits per heavy atom. The monoisotopic (exact) mass is 408 g/mol. The van der Waals surface area contributed by atoms with Crippen molar-refractivity contribution in [3.63, 3.8) is 0 Å². The number of hydrogen-bond acceptors (Lipinski definition) is 2. The SMILES string of the molecule is CCNC(=NCc1ccc(Br)cc1)NCCCN1CCCCCC1=O. The van der Waals surface area contributed by atoms with Crippen LogP contribution >= 0.6 is 15.9 Å². The molecule has 0 bridgehead atoms. The van der Waals surface area contributed by atoms with Crippen LogP contribution in [0.1, 0.15) is 44.6 Å². The van der Waals surface area contributed by atoms with Gasteiger partial charge >= 0.3 is 0 Å². The van der Waals surface area contributed by atoms with Gasteiger partial charge in [-0.15, -0.1) is 0 Å². The van der Waals surface area contributed by atoms with Gasteiger partial charge in [0.15, 0.2) is 5.96 Å². The zero-order valence-electron chi connectivity index (χ0n) is 15.1. The van der Waals surface area contributed by atoms with Crippen LogP contribution in [0, 0.1) is 0 Å². The number of halogens is 1. The Hall–Kier alpha value is -1.56. The summed E-state index contributed by atoms with van der Waals surface area (Å²) in [5.74, 6) is 1.14. The van der Waals surface area contributed by atoms with Crippen molar-refractivity contribution in [2.24, 2.45) is 4.99 Å². The van der Waals surface area contributed by atoms with Crippen molar-refractivity contribution in [3.05, 3.63) is 34.3 Å². The van der Waals surface area contributed by atoms with E-state index >= 15 is 0 Å². The molecule has 0 radical (unpaired) electrons. The highest BCUT2D eigenvalue weighted by Gasteiger charge is 2.15. The van der Waals surface area contributed by atoms with Crippen LogP contribution in [0.25, 0.3) is 0 Å². The number of likely N-dealkylation sites (tertiary alicyclic amines) is 1. The lowest BCUT2D eigenvalue weighted by Gasteiger charge is -2.20. The minimum absolute atomic E-state index is 0.313. The molecular weight excluding hydrogens is 380 g/mol. The van der Waals surface area contributed by atoms with Crippen molar-refractivity contribution in [1.82, 2.24) is 15.5 Å². The number of carbonyl (C=O) groups is 1. The predicted octanol–water partition coefficient (Wildman–Crippen LogP) is 3.30. The summed E-state index contributed by atoms with van der Waals surface area (Å²) in [6, 6.07) is 8.21. The van der Waals surface area contributed by atoms with Crippen LogP contribution in [0.3, 0.4) is 0 Å². The minimum atomic E-state index is 0.313. The van der Waals surface area contributed by atoms with Crippen molar-refractivity contribution < 1.29 is 4.79 Å². The zero-order valence-corrected chi connectivity index (χ0v) is 16.6. The van der Waals surface area contributed by atoms with Gasteiger partial charge in [0.25, 0.3) is 0 Å². The molecule has 5 nitrogen and oxygen atoms in total. The van der Waals surface area contributed by atoms with Gasteiger partial charge in [-0.05, 0) is 43.9 Å². The van der Waals surface area contributed by atoms with Crippen LogP contribution in [-0.2, 0) is 11.3 Å². The van der Waals surface area contributed by atoms with Crippen LogP contribution in [0.5, 0.6) is 0 Å². The van der Waals surface area contributed by atoms with Crippen molar-refractivity contribution in [2.75, 3.05) is 26.2 Å². The van der Waals surface area contributed by atoms with E-state index in [4.69, 9.17) is 0 Å². The molecule has 1 amide bonds. The first-order chi connectivity index (χ1) is 12.2. The molecule has 0 spiro atoms. The van der Waals surface area contributed by atoms with E-state index in [2.05, 4.69) is 50.6 Å². The van der Waals surface area contributed by atoms with Crippen molar-refractivity contribution >= 4 is 27.8 Å². The number of aliphatic imine (C=N–C) groups is 1.